The lowest BCUT2D eigenvalue weighted by Crippen LogP contribution is -2.36. The lowest BCUT2D eigenvalue weighted by Gasteiger charge is -2.21. The Labute approximate surface area is 190 Å². The maximum Gasteiger partial charge on any atom is 0.414 e. The zero-order valence-electron chi connectivity index (χ0n) is 17.6. The molecule has 0 radical (unpaired) electrons. The molecule has 3 rings (SSSR count). The number of carbonyl (C=O) groups is 3. The summed E-state index contributed by atoms with van der Waals surface area (Å²) < 4.78 is 15.2. The van der Waals surface area contributed by atoms with Crippen LogP contribution in [0.25, 0.3) is 0 Å². The molecule has 3 amide bonds. The predicted molar refractivity (Wildman–Crippen MR) is 111 cm³/mol. The van der Waals surface area contributed by atoms with E-state index >= 15 is 0 Å². The van der Waals surface area contributed by atoms with Gasteiger partial charge in [0.25, 0.3) is 0 Å². The molecule has 0 saturated carbocycles. The fourth-order valence-corrected chi connectivity index (χ4v) is 2.34. The standard InChI is InChI=1S/C15H21N13O6/c29-13(22-10-16-7-19-25-10)32-4-1-28(2-5-33-14(30)23-11-17-8-20-26-11)3-6-34-15(31)24-12-18-9-21-27-12/h7-9H,1-6H2,(H2,16,19,22,25,29)(H2,17,20,23,26,30)(H2,18,21,24,27,31). The number of H-pyrrole nitrogens is 3. The van der Waals surface area contributed by atoms with Gasteiger partial charge in [-0.25, -0.2) is 14.4 Å². The van der Waals surface area contributed by atoms with Gasteiger partial charge in [0.15, 0.2) is 0 Å². The van der Waals surface area contributed by atoms with Gasteiger partial charge in [-0.3, -0.25) is 20.9 Å². The van der Waals surface area contributed by atoms with Crippen molar-refractivity contribution in [1.82, 2.24) is 50.4 Å². The van der Waals surface area contributed by atoms with E-state index in [4.69, 9.17) is 14.2 Å². The van der Waals surface area contributed by atoms with Crippen LogP contribution >= 0.6 is 0 Å². The van der Waals surface area contributed by atoms with Crippen molar-refractivity contribution in [1.29, 1.82) is 0 Å². The monoisotopic (exact) mass is 479 g/mol. The number of hydrogen-bond donors (Lipinski definition) is 6. The molecule has 0 atom stereocenters. The van der Waals surface area contributed by atoms with E-state index < -0.39 is 18.3 Å². The maximum atomic E-state index is 11.8. The Balaban J connectivity index is 1.39. The van der Waals surface area contributed by atoms with Crippen molar-refractivity contribution >= 4 is 36.1 Å². The Morgan fingerprint density at radius 3 is 1.24 bits per heavy atom. The summed E-state index contributed by atoms with van der Waals surface area (Å²) in [5.74, 6) is 0.414. The Kier molecular flexibility index (Phi) is 9.05. The van der Waals surface area contributed by atoms with Gasteiger partial charge in [0.1, 0.15) is 38.8 Å². The van der Waals surface area contributed by atoms with Crippen molar-refractivity contribution < 1.29 is 28.6 Å². The van der Waals surface area contributed by atoms with Crippen LogP contribution in [0.4, 0.5) is 32.2 Å². The molecule has 0 unspecified atom stereocenters. The zero-order valence-corrected chi connectivity index (χ0v) is 17.6. The van der Waals surface area contributed by atoms with Gasteiger partial charge in [-0.1, -0.05) is 0 Å². The second-order valence-electron chi connectivity index (χ2n) is 6.14. The molecule has 0 bridgehead atoms. The molecule has 6 N–H and O–H groups in total. The van der Waals surface area contributed by atoms with Crippen molar-refractivity contribution in [2.75, 3.05) is 55.4 Å². The van der Waals surface area contributed by atoms with Gasteiger partial charge in [-0.15, -0.1) is 30.6 Å². The van der Waals surface area contributed by atoms with Gasteiger partial charge < -0.3 is 29.2 Å². The minimum Gasteiger partial charge on any atom is -0.448 e. The average Bonchev–Trinajstić information content (AvgIpc) is 3.58. The topological polar surface area (TPSA) is 243 Å². The highest BCUT2D eigenvalue weighted by Crippen LogP contribution is 1.99. The summed E-state index contributed by atoms with van der Waals surface area (Å²) in [7, 11) is 0. The van der Waals surface area contributed by atoms with Crippen LogP contribution in [0, 0.1) is 0 Å². The first-order valence-electron chi connectivity index (χ1n) is 9.70. The number of anilines is 3. The van der Waals surface area contributed by atoms with E-state index in [9.17, 15) is 14.4 Å². The minimum atomic E-state index is -0.734. The van der Waals surface area contributed by atoms with Crippen LogP contribution in [0.5, 0.6) is 0 Å². The summed E-state index contributed by atoms with van der Waals surface area (Å²) in [6, 6.07) is 0. The molecule has 34 heavy (non-hydrogen) atoms. The fraction of sp³-hybridized carbons (Fsp3) is 0.400. The third-order valence-corrected chi connectivity index (χ3v) is 3.83. The minimum absolute atomic E-state index is 0.00546. The first-order valence-corrected chi connectivity index (χ1v) is 9.70. The van der Waals surface area contributed by atoms with E-state index in [2.05, 4.69) is 61.5 Å². The Hall–Kier alpha value is -4.81. The largest absolute Gasteiger partial charge is 0.448 e. The molecule has 0 fully saturated rings. The van der Waals surface area contributed by atoms with Gasteiger partial charge in [0, 0.05) is 19.6 Å². The van der Waals surface area contributed by atoms with Crippen molar-refractivity contribution in [2.45, 2.75) is 0 Å². The van der Waals surface area contributed by atoms with Crippen LogP contribution in [0.1, 0.15) is 0 Å². The quantitative estimate of drug-likeness (QED) is 0.178. The van der Waals surface area contributed by atoms with Gasteiger partial charge in [0.2, 0.25) is 17.8 Å². The molecule has 0 aliphatic carbocycles. The van der Waals surface area contributed by atoms with Crippen LogP contribution in [0.3, 0.4) is 0 Å². The summed E-state index contributed by atoms with van der Waals surface area (Å²) >= 11 is 0. The van der Waals surface area contributed by atoms with E-state index in [-0.39, 0.29) is 57.3 Å². The molecule has 19 nitrogen and oxygen atoms in total. The van der Waals surface area contributed by atoms with Crippen LogP contribution in [-0.4, -0.2) is 108 Å². The van der Waals surface area contributed by atoms with Gasteiger partial charge in [-0.2, -0.15) is 0 Å². The Bertz CT molecular complexity index is 865. The molecule has 3 aromatic heterocycles. The maximum absolute atomic E-state index is 11.8. The molecule has 3 heterocycles. The first kappa shape index (κ1) is 23.8. The third kappa shape index (κ3) is 8.74. The lowest BCUT2D eigenvalue weighted by molar-refractivity contribution is 0.0996. The molecule has 0 spiro atoms. The van der Waals surface area contributed by atoms with E-state index in [1.807, 2.05) is 0 Å². The highest BCUT2D eigenvalue weighted by molar-refractivity contribution is 5.82. The van der Waals surface area contributed by atoms with E-state index in [1.165, 1.54) is 19.0 Å². The highest BCUT2D eigenvalue weighted by Gasteiger charge is 2.12. The van der Waals surface area contributed by atoms with Gasteiger partial charge >= 0.3 is 18.3 Å². The normalized spacial score (nSPS) is 10.5. The molecule has 0 aliphatic heterocycles. The van der Waals surface area contributed by atoms with Crippen LogP contribution in [0.15, 0.2) is 19.0 Å². The molecule has 0 aliphatic rings. The summed E-state index contributed by atoms with van der Waals surface area (Å²) in [5, 5.41) is 28.5. The Morgan fingerprint density at radius 1 is 0.647 bits per heavy atom. The zero-order chi connectivity index (χ0) is 24.0. The van der Waals surface area contributed by atoms with Gasteiger partial charge in [0.05, 0.1) is 0 Å². The van der Waals surface area contributed by atoms with Crippen LogP contribution in [-0.2, 0) is 14.2 Å². The molecule has 0 saturated heterocycles. The number of ether oxygens (including phenoxy) is 3. The molecular weight excluding hydrogens is 458 g/mol. The molecule has 3 aromatic rings. The highest BCUT2D eigenvalue weighted by atomic mass is 16.6. The van der Waals surface area contributed by atoms with Crippen LogP contribution < -0.4 is 16.0 Å². The first-order chi connectivity index (χ1) is 16.6. The van der Waals surface area contributed by atoms with E-state index in [1.54, 1.807) is 4.90 Å². The third-order valence-electron chi connectivity index (χ3n) is 3.83. The number of rotatable bonds is 12. The average molecular weight is 479 g/mol. The van der Waals surface area contributed by atoms with Crippen LogP contribution in [0.2, 0.25) is 0 Å². The second-order valence-corrected chi connectivity index (χ2v) is 6.14. The summed E-state index contributed by atoms with van der Waals surface area (Å²) in [4.78, 5) is 44.9. The molecule has 19 heteroatoms. The number of aromatic nitrogens is 9. The van der Waals surface area contributed by atoms with Crippen molar-refractivity contribution in [3.05, 3.63) is 19.0 Å². The Morgan fingerprint density at radius 2 is 0.971 bits per heavy atom. The molecule has 0 aromatic carbocycles. The van der Waals surface area contributed by atoms with E-state index in [0.29, 0.717) is 0 Å². The SMILES string of the molecule is O=C(Nc1nnc[nH]1)OCCN(CCOC(=O)Nc1nnc[nH]1)CCOC(=O)Nc1nnc[nH]1. The molecule has 182 valence electrons. The van der Waals surface area contributed by atoms with Crippen molar-refractivity contribution in [3.63, 3.8) is 0 Å². The van der Waals surface area contributed by atoms with E-state index in [0.717, 1.165) is 0 Å². The van der Waals surface area contributed by atoms with Crippen molar-refractivity contribution in [3.8, 4) is 0 Å². The number of carbonyl (C=O) groups excluding carboxylic acids is 3. The number of amides is 3. The fourth-order valence-electron chi connectivity index (χ4n) is 2.34. The lowest BCUT2D eigenvalue weighted by atomic mass is 10.4. The number of aromatic amines is 3. The second kappa shape index (κ2) is 12.9. The number of hydrogen-bond acceptors (Lipinski definition) is 13. The smallest absolute Gasteiger partial charge is 0.414 e. The van der Waals surface area contributed by atoms with Gasteiger partial charge in [-0.05, 0) is 0 Å². The predicted octanol–water partition coefficient (Wildman–Crippen LogP) is -0.611. The molecular formula is C15H21N13O6. The summed E-state index contributed by atoms with van der Waals surface area (Å²) in [5.41, 5.74) is 0. The number of nitrogens with zero attached hydrogens (tertiary/aromatic N) is 7. The number of nitrogens with one attached hydrogen (secondary N) is 6. The summed E-state index contributed by atoms with van der Waals surface area (Å²) in [6.45, 7) is 0.745. The summed E-state index contributed by atoms with van der Waals surface area (Å²) in [6.07, 6.45) is 1.70. The van der Waals surface area contributed by atoms with Crippen molar-refractivity contribution in [2.24, 2.45) is 0 Å².